The number of thiophene rings is 2. The molecule has 594 valence electrons. The Morgan fingerprint density at radius 1 is 0.568 bits per heavy atom. The van der Waals surface area contributed by atoms with Gasteiger partial charge in [-0.05, 0) is 100 Å². The Hall–Kier alpha value is -8.08. The van der Waals surface area contributed by atoms with Crippen LogP contribution in [0.3, 0.4) is 0 Å². The second-order valence-corrected chi connectivity index (χ2v) is 33.4. The molecule has 0 radical (unpaired) electrons. The van der Waals surface area contributed by atoms with Crippen LogP contribution in [-0.4, -0.2) is 216 Å². The molecule has 0 spiro atoms. The molecule has 3 aliphatic rings. The van der Waals surface area contributed by atoms with Gasteiger partial charge in [0.2, 0.25) is 29.5 Å². The summed E-state index contributed by atoms with van der Waals surface area (Å²) in [5, 5.41) is 43.6. The Balaban J connectivity index is 0.622. The molecule has 0 saturated carbocycles. The number of carbonyl (C=O) groups excluding carboxylic acids is 5. The summed E-state index contributed by atoms with van der Waals surface area (Å²) in [4.78, 5) is 88.7. The molecule has 27 nitrogen and oxygen atoms in total. The van der Waals surface area contributed by atoms with Gasteiger partial charge in [0, 0.05) is 80.1 Å². The van der Waals surface area contributed by atoms with Crippen molar-refractivity contribution in [1.82, 2.24) is 60.7 Å². The summed E-state index contributed by atoms with van der Waals surface area (Å²) in [7, 11) is 0. The standard InChI is InChI=1S/C79H98Cl2N14O13S3/c1-46-49(4)110-76-66(46)68(54-16-20-57(80)21-17-54)86-60(72-91-89-51(6)94(72)76)37-63(97)82-24-26-102-28-30-104-32-34-106-42-79(11,44-108-41-65(99)88-71(78(8,9)10)75(101)93-40-59(96)36-62(93)74(100)84-39-53-12-14-56(15-13-53)70-48(3)85-45-109-70)43-107-35-33-105-31-29-103-27-25-83-64(98)38-61-73-92-90-52(7)95(73)77-67(47(2)50(5)111-77)69(87-61)55-18-22-58(81)23-19-55/h12-23,45,59-62,71,96H,24-44H2,1-11H3,(H,82,97)(H,83,98)(H,84,100)(H,88,99). The fourth-order valence-electron chi connectivity index (χ4n) is 13.3. The Labute approximate surface area is 668 Å². The number of carbonyl (C=O) groups is 5. The molecule has 5 atom stereocenters. The number of rotatable bonds is 38. The van der Waals surface area contributed by atoms with Crippen LogP contribution in [0.2, 0.25) is 10.0 Å². The number of hydrogen-bond acceptors (Lipinski definition) is 23. The molecule has 8 heterocycles. The predicted octanol–water partition coefficient (Wildman–Crippen LogP) is 9.99. The molecule has 3 aliphatic heterocycles. The first kappa shape index (κ1) is 83.8. The van der Waals surface area contributed by atoms with Gasteiger partial charge in [-0.1, -0.05) is 99.4 Å². The van der Waals surface area contributed by atoms with Crippen molar-refractivity contribution >= 4 is 98.2 Å². The summed E-state index contributed by atoms with van der Waals surface area (Å²) in [6.45, 7) is 24.4. The van der Waals surface area contributed by atoms with Gasteiger partial charge < -0.3 is 64.4 Å². The molecule has 32 heteroatoms. The number of fused-ring (bicyclic) bond motifs is 6. The zero-order chi connectivity index (χ0) is 79.1. The Bertz CT molecular complexity index is 4410. The molecule has 5 amide bonds. The fraction of sp³-hybridized carbons (Fsp3) is 0.494. The lowest BCUT2D eigenvalue weighted by atomic mass is 9.85. The van der Waals surface area contributed by atoms with E-state index in [9.17, 15) is 29.1 Å². The molecular formula is C79H98Cl2N14O13S3. The van der Waals surface area contributed by atoms with Crippen LogP contribution in [0.25, 0.3) is 20.4 Å². The smallest absolute Gasteiger partial charge is 0.246 e. The molecule has 0 bridgehead atoms. The van der Waals surface area contributed by atoms with Gasteiger partial charge in [-0.3, -0.25) is 43.1 Å². The van der Waals surface area contributed by atoms with E-state index < -0.39 is 65.4 Å². The molecule has 0 aliphatic carbocycles. The van der Waals surface area contributed by atoms with Crippen LogP contribution in [0.5, 0.6) is 0 Å². The first-order valence-corrected chi connectivity index (χ1v) is 40.4. The molecule has 11 rings (SSSR count). The zero-order valence-corrected chi connectivity index (χ0v) is 68.5. The highest BCUT2D eigenvalue weighted by Crippen LogP contribution is 2.42. The monoisotopic (exact) mass is 1620 g/mol. The Morgan fingerprint density at radius 2 is 1.02 bits per heavy atom. The van der Waals surface area contributed by atoms with Gasteiger partial charge in [0.25, 0.3) is 0 Å². The minimum atomic E-state index is -1.08. The first-order valence-electron chi connectivity index (χ1n) is 37.1. The lowest BCUT2D eigenvalue weighted by Gasteiger charge is -2.35. The lowest BCUT2D eigenvalue weighted by Crippen LogP contribution is -2.58. The van der Waals surface area contributed by atoms with E-state index in [0.29, 0.717) is 33.3 Å². The van der Waals surface area contributed by atoms with Gasteiger partial charge >= 0.3 is 0 Å². The second kappa shape index (κ2) is 38.6. The maximum atomic E-state index is 14.5. The summed E-state index contributed by atoms with van der Waals surface area (Å²) >= 11 is 17.4. The molecule has 5 unspecified atom stereocenters. The molecule has 5 aromatic heterocycles. The fourth-order valence-corrected chi connectivity index (χ4v) is 16.8. The lowest BCUT2D eigenvalue weighted by molar-refractivity contribution is -0.145. The highest BCUT2D eigenvalue weighted by molar-refractivity contribution is 7.15. The number of nitrogens with one attached hydrogen (secondary N) is 4. The third-order valence-electron chi connectivity index (χ3n) is 19.4. The van der Waals surface area contributed by atoms with E-state index in [1.54, 1.807) is 39.5 Å². The van der Waals surface area contributed by atoms with Crippen LogP contribution in [0.1, 0.15) is 137 Å². The molecule has 5 N–H and O–H groups in total. The van der Waals surface area contributed by atoms with Crippen molar-refractivity contribution in [3.63, 3.8) is 0 Å². The Morgan fingerprint density at radius 3 is 1.48 bits per heavy atom. The maximum Gasteiger partial charge on any atom is 0.246 e. The number of aromatic nitrogens is 7. The van der Waals surface area contributed by atoms with E-state index in [2.05, 4.69) is 74.3 Å². The third kappa shape index (κ3) is 21.4. The molecule has 111 heavy (non-hydrogen) atoms. The van der Waals surface area contributed by atoms with E-state index in [1.165, 1.54) is 4.90 Å². The zero-order valence-electron chi connectivity index (χ0n) is 64.5. The van der Waals surface area contributed by atoms with E-state index in [4.69, 9.17) is 66.3 Å². The van der Waals surface area contributed by atoms with Crippen LogP contribution < -0.4 is 21.3 Å². The number of aryl methyl sites for hydroxylation is 5. The van der Waals surface area contributed by atoms with Crippen molar-refractivity contribution in [3.8, 4) is 20.4 Å². The van der Waals surface area contributed by atoms with Crippen LogP contribution in [0, 0.1) is 59.3 Å². The number of thiazole rings is 1. The Kier molecular flexibility index (Phi) is 29.2. The van der Waals surface area contributed by atoms with Crippen molar-refractivity contribution in [1.29, 1.82) is 0 Å². The van der Waals surface area contributed by atoms with Crippen molar-refractivity contribution < 1.29 is 62.2 Å². The summed E-state index contributed by atoms with van der Waals surface area (Å²) < 4.78 is 45.8. The van der Waals surface area contributed by atoms with Crippen LogP contribution in [-0.2, 0) is 63.7 Å². The number of aliphatic hydroxyl groups is 1. The number of halogens is 2. The number of aliphatic imine (C=N–C) groups is 2. The van der Waals surface area contributed by atoms with Gasteiger partial charge in [-0.2, -0.15) is 0 Å². The van der Waals surface area contributed by atoms with Crippen molar-refractivity contribution in [3.05, 3.63) is 166 Å². The predicted molar refractivity (Wildman–Crippen MR) is 427 cm³/mol. The highest BCUT2D eigenvalue weighted by atomic mass is 35.5. The number of ether oxygens (including phenoxy) is 7. The number of benzene rings is 3. The van der Waals surface area contributed by atoms with Crippen LogP contribution >= 0.6 is 57.2 Å². The van der Waals surface area contributed by atoms with Crippen LogP contribution in [0.15, 0.2) is 88.3 Å². The molecule has 1 saturated heterocycles. The number of likely N-dealkylation sites (tertiary alicyclic amines) is 1. The van der Waals surface area contributed by atoms with Gasteiger partial charge in [0.05, 0.1) is 132 Å². The van der Waals surface area contributed by atoms with Crippen molar-refractivity contribution in [2.75, 3.05) is 112 Å². The summed E-state index contributed by atoms with van der Waals surface area (Å²) in [5.41, 5.74) is 10.5. The minimum absolute atomic E-state index is 0.0167. The number of hydrogen-bond donors (Lipinski definition) is 5. The average molecular weight is 1620 g/mol. The normalized spacial score (nSPS) is 16.8. The van der Waals surface area contributed by atoms with Crippen LogP contribution in [0.4, 0.5) is 0 Å². The van der Waals surface area contributed by atoms with E-state index in [-0.39, 0.29) is 143 Å². The summed E-state index contributed by atoms with van der Waals surface area (Å²) in [6.07, 6.45) is -0.822. The van der Waals surface area contributed by atoms with Crippen molar-refractivity contribution in [2.24, 2.45) is 20.8 Å². The SMILES string of the molecule is Cc1ncsc1-c1ccc(CNC(=O)C2CC(O)CN2C(=O)C(NC(=O)COCC(C)(COCCOCCOCCNC(=O)CC2N=C(c3ccc(Cl)cc3)c3c(sc(C)c3C)-n3c(C)nnc32)COCCOCCOCCNC(=O)CC2N=C(c3ccc(Cl)cc3)c3c(sc(C)c3C)-n3c(C)nnc32)C(C)(C)C)cc1. The number of β-amino-alcohol motifs (C(OH)–C–C–N with tert-alkyl or cyclic N) is 1. The average Bonchev–Trinajstić information content (AvgIpc) is 1.60. The largest absolute Gasteiger partial charge is 0.391 e. The minimum Gasteiger partial charge on any atom is -0.391 e. The van der Waals surface area contributed by atoms with Gasteiger partial charge in [0.1, 0.15) is 52.4 Å². The number of aliphatic hydroxyl groups excluding tert-OH is 1. The number of amides is 5. The van der Waals surface area contributed by atoms with Gasteiger partial charge in [-0.25, -0.2) is 4.98 Å². The molecular weight excluding hydrogens is 1520 g/mol. The van der Waals surface area contributed by atoms with Gasteiger partial charge in [0.15, 0.2) is 11.6 Å². The molecule has 1 fully saturated rings. The van der Waals surface area contributed by atoms with Gasteiger partial charge in [-0.15, -0.1) is 54.4 Å². The highest BCUT2D eigenvalue weighted by Gasteiger charge is 2.45. The summed E-state index contributed by atoms with van der Waals surface area (Å²) in [6, 6.07) is 19.6. The van der Waals surface area contributed by atoms with E-state index in [1.807, 2.05) is 130 Å². The third-order valence-corrected chi connectivity index (χ3v) is 23.3. The van der Waals surface area contributed by atoms with E-state index >= 15 is 0 Å². The maximum absolute atomic E-state index is 14.5. The first-order chi connectivity index (χ1) is 53.2. The quantitative estimate of drug-likeness (QED) is 0.0225. The van der Waals surface area contributed by atoms with E-state index in [0.717, 1.165) is 86.3 Å². The topological polar surface area (TPSA) is 321 Å². The summed E-state index contributed by atoms with van der Waals surface area (Å²) in [5.74, 6) is 0.678. The number of nitrogens with zero attached hydrogens (tertiary/aromatic N) is 10. The molecule has 8 aromatic rings. The molecule has 3 aromatic carbocycles. The second-order valence-electron chi connectivity index (χ2n) is 29.2. The van der Waals surface area contributed by atoms with Crippen molar-refractivity contribution in [2.45, 2.75) is 132 Å².